The van der Waals surface area contributed by atoms with E-state index in [-0.39, 0.29) is 11.7 Å². The highest BCUT2D eigenvalue weighted by Crippen LogP contribution is 2.38. The van der Waals surface area contributed by atoms with Crippen LogP contribution in [0, 0.1) is 17.6 Å². The number of nitrogens with zero attached hydrogens (tertiary/aromatic N) is 5. The molecule has 0 spiro atoms. The second-order valence-corrected chi connectivity index (χ2v) is 9.65. The van der Waals surface area contributed by atoms with E-state index in [0.29, 0.717) is 22.8 Å². The van der Waals surface area contributed by atoms with Crippen molar-refractivity contribution in [2.24, 2.45) is 11.7 Å². The third-order valence-corrected chi connectivity index (χ3v) is 6.90. The molecule has 2 fully saturated rings. The molecular weight excluding hydrogens is 480 g/mol. The Labute approximate surface area is 210 Å². The van der Waals surface area contributed by atoms with E-state index in [1.165, 1.54) is 25.0 Å². The van der Waals surface area contributed by atoms with Gasteiger partial charge < -0.3 is 16.0 Å². The molecule has 2 aromatic heterocycles. The van der Waals surface area contributed by atoms with E-state index in [1.54, 1.807) is 0 Å². The molecule has 0 bridgehead atoms. The fourth-order valence-corrected chi connectivity index (χ4v) is 4.83. The van der Waals surface area contributed by atoms with Crippen molar-refractivity contribution in [3.05, 3.63) is 76.3 Å². The average Bonchev–Trinajstić information content (AvgIpc) is 3.45. The minimum absolute atomic E-state index is 0.0150. The number of carbonyl (C=O) groups is 1. The van der Waals surface area contributed by atoms with Gasteiger partial charge in [-0.1, -0.05) is 6.07 Å². The quantitative estimate of drug-likeness (QED) is 0.417. The van der Waals surface area contributed by atoms with Crippen LogP contribution in [0.3, 0.4) is 0 Å². The Morgan fingerprint density at radius 2 is 1.84 bits per heavy atom. The standard InChI is InChI=1S/C26H25F2N7O2/c27-18-2-1-3-19(28)25(18)35-23(36)9-7-21(32-35)26(37)31-20-6-8-22-17(12-30-34(22)13-15-4-5-15)24(20)33-11-10-16(29)14-33/h1-3,6-9,12,15-16H,4-5,10-11,13-14,29H2,(H,31,37)/t16-/m1/s1. The van der Waals surface area contributed by atoms with Crippen molar-refractivity contribution in [1.82, 2.24) is 19.6 Å². The summed E-state index contributed by atoms with van der Waals surface area (Å²) in [5.74, 6) is -1.91. The molecule has 11 heteroatoms. The number of nitrogens with two attached hydrogens (primary N) is 1. The number of hydrogen-bond acceptors (Lipinski definition) is 6. The number of rotatable bonds is 6. The summed E-state index contributed by atoms with van der Waals surface area (Å²) in [4.78, 5) is 27.8. The largest absolute Gasteiger partial charge is 0.368 e. The van der Waals surface area contributed by atoms with Gasteiger partial charge in [0.2, 0.25) is 0 Å². The zero-order valence-corrected chi connectivity index (χ0v) is 19.9. The van der Waals surface area contributed by atoms with Crippen LogP contribution in [0.1, 0.15) is 29.8 Å². The Balaban J connectivity index is 1.38. The van der Waals surface area contributed by atoms with Gasteiger partial charge in [-0.25, -0.2) is 8.78 Å². The predicted octanol–water partition coefficient (Wildman–Crippen LogP) is 3.06. The number of anilines is 2. The van der Waals surface area contributed by atoms with Crippen molar-refractivity contribution in [1.29, 1.82) is 0 Å². The Kier molecular flexibility index (Phi) is 5.71. The van der Waals surface area contributed by atoms with Gasteiger partial charge in [-0.15, -0.1) is 0 Å². The van der Waals surface area contributed by atoms with E-state index in [2.05, 4.69) is 20.4 Å². The highest BCUT2D eigenvalue weighted by molar-refractivity contribution is 6.08. The second kappa shape index (κ2) is 9.07. The first-order valence-corrected chi connectivity index (χ1v) is 12.2. The Hall–Kier alpha value is -4.12. The maximum atomic E-state index is 14.3. The van der Waals surface area contributed by atoms with Gasteiger partial charge in [0.1, 0.15) is 11.4 Å². The van der Waals surface area contributed by atoms with Crippen LogP contribution in [-0.4, -0.2) is 44.6 Å². The smallest absolute Gasteiger partial charge is 0.276 e. The third kappa shape index (κ3) is 4.35. The molecule has 190 valence electrons. The van der Waals surface area contributed by atoms with Gasteiger partial charge in [-0.3, -0.25) is 14.3 Å². The van der Waals surface area contributed by atoms with Gasteiger partial charge in [0.25, 0.3) is 11.5 Å². The molecule has 1 saturated carbocycles. The van der Waals surface area contributed by atoms with Gasteiger partial charge in [0, 0.05) is 37.1 Å². The molecule has 6 rings (SSSR count). The molecule has 3 N–H and O–H groups in total. The molecule has 1 aliphatic carbocycles. The molecule has 3 heterocycles. The molecule has 1 amide bonds. The minimum atomic E-state index is -0.964. The average molecular weight is 506 g/mol. The van der Waals surface area contributed by atoms with Crippen molar-refractivity contribution >= 4 is 28.2 Å². The number of aromatic nitrogens is 4. The van der Waals surface area contributed by atoms with E-state index in [9.17, 15) is 18.4 Å². The van der Waals surface area contributed by atoms with Crippen molar-refractivity contribution in [3.8, 4) is 5.69 Å². The summed E-state index contributed by atoms with van der Waals surface area (Å²) in [5.41, 5.74) is 6.93. The number of hydrogen-bond donors (Lipinski definition) is 2. The predicted molar refractivity (Wildman–Crippen MR) is 135 cm³/mol. The van der Waals surface area contributed by atoms with Gasteiger partial charge >= 0.3 is 0 Å². The molecule has 9 nitrogen and oxygen atoms in total. The number of amides is 1. The van der Waals surface area contributed by atoms with Gasteiger partial charge in [-0.05, 0) is 55.5 Å². The van der Waals surface area contributed by atoms with E-state index >= 15 is 0 Å². The monoisotopic (exact) mass is 505 g/mol. The molecule has 2 aromatic carbocycles. The molecule has 2 aliphatic rings. The lowest BCUT2D eigenvalue weighted by atomic mass is 10.1. The Morgan fingerprint density at radius 3 is 2.54 bits per heavy atom. The third-order valence-electron chi connectivity index (χ3n) is 6.90. The SMILES string of the molecule is N[C@@H]1CCN(c2c(NC(=O)c3ccc(=O)n(-c4c(F)cccc4F)n3)ccc3c2cnn3CC2CC2)C1. The van der Waals surface area contributed by atoms with E-state index in [1.807, 2.05) is 23.0 Å². The number of nitrogens with one attached hydrogen (secondary N) is 1. The lowest BCUT2D eigenvalue weighted by Gasteiger charge is -2.23. The fraction of sp³-hybridized carbons (Fsp3) is 0.308. The first-order chi connectivity index (χ1) is 17.9. The highest BCUT2D eigenvalue weighted by atomic mass is 19.1. The first-order valence-electron chi connectivity index (χ1n) is 12.2. The van der Waals surface area contributed by atoms with Gasteiger partial charge in [0.15, 0.2) is 11.6 Å². The topological polar surface area (TPSA) is 111 Å². The second-order valence-electron chi connectivity index (χ2n) is 9.65. The minimum Gasteiger partial charge on any atom is -0.368 e. The lowest BCUT2D eigenvalue weighted by molar-refractivity contribution is 0.102. The summed E-state index contributed by atoms with van der Waals surface area (Å²) in [6.45, 7) is 2.21. The molecule has 0 unspecified atom stereocenters. The number of benzene rings is 2. The van der Waals surface area contributed by atoms with E-state index < -0.39 is 28.8 Å². The van der Waals surface area contributed by atoms with Crippen molar-refractivity contribution < 1.29 is 13.6 Å². The van der Waals surface area contributed by atoms with E-state index in [4.69, 9.17) is 5.73 Å². The van der Waals surface area contributed by atoms with Crippen LogP contribution in [0.15, 0.2) is 53.5 Å². The van der Waals surface area contributed by atoms with Crippen molar-refractivity contribution in [2.75, 3.05) is 23.3 Å². The van der Waals surface area contributed by atoms with Crippen LogP contribution < -0.4 is 21.5 Å². The van der Waals surface area contributed by atoms with Crippen LogP contribution in [0.2, 0.25) is 0 Å². The van der Waals surface area contributed by atoms with Crippen molar-refractivity contribution in [3.63, 3.8) is 0 Å². The molecule has 4 aromatic rings. The number of para-hydroxylation sites is 1. The van der Waals surface area contributed by atoms with Crippen LogP contribution >= 0.6 is 0 Å². The maximum absolute atomic E-state index is 14.3. The Morgan fingerprint density at radius 1 is 1.05 bits per heavy atom. The highest BCUT2D eigenvalue weighted by Gasteiger charge is 2.27. The summed E-state index contributed by atoms with van der Waals surface area (Å²) in [6.07, 6.45) is 5.04. The molecular formula is C26H25F2N7O2. The maximum Gasteiger partial charge on any atom is 0.276 e. The lowest BCUT2D eigenvalue weighted by Crippen LogP contribution is -2.28. The first kappa shape index (κ1) is 23.3. The van der Waals surface area contributed by atoms with Gasteiger partial charge in [-0.2, -0.15) is 14.9 Å². The molecule has 1 saturated heterocycles. The number of carbonyl (C=O) groups excluding carboxylic acids is 1. The summed E-state index contributed by atoms with van der Waals surface area (Å²) in [5, 5.41) is 12.3. The van der Waals surface area contributed by atoms with Crippen LogP contribution in [-0.2, 0) is 6.54 Å². The van der Waals surface area contributed by atoms with Crippen LogP contribution in [0.4, 0.5) is 20.2 Å². The van der Waals surface area contributed by atoms with Gasteiger partial charge in [0.05, 0.1) is 23.1 Å². The molecule has 37 heavy (non-hydrogen) atoms. The molecule has 1 atom stereocenters. The fourth-order valence-electron chi connectivity index (χ4n) is 4.83. The Bertz CT molecular complexity index is 1560. The molecule has 1 aliphatic heterocycles. The molecule has 0 radical (unpaired) electrons. The number of fused-ring (bicyclic) bond motifs is 1. The van der Waals surface area contributed by atoms with Crippen LogP contribution in [0.5, 0.6) is 0 Å². The summed E-state index contributed by atoms with van der Waals surface area (Å²) >= 11 is 0. The summed E-state index contributed by atoms with van der Waals surface area (Å²) in [7, 11) is 0. The van der Waals surface area contributed by atoms with E-state index in [0.717, 1.165) is 54.3 Å². The normalized spacial score (nSPS) is 17.5. The summed E-state index contributed by atoms with van der Waals surface area (Å²) in [6, 6.07) is 9.26. The summed E-state index contributed by atoms with van der Waals surface area (Å²) < 4.78 is 31.2. The zero-order chi connectivity index (χ0) is 25.7. The zero-order valence-electron chi connectivity index (χ0n) is 19.9. The number of halogens is 2. The van der Waals surface area contributed by atoms with Crippen molar-refractivity contribution in [2.45, 2.75) is 31.8 Å². The van der Waals surface area contributed by atoms with Crippen LogP contribution in [0.25, 0.3) is 16.6 Å².